The van der Waals surface area contributed by atoms with Crippen LogP contribution in [0.25, 0.3) is 0 Å². The van der Waals surface area contributed by atoms with Crippen LogP contribution in [0.2, 0.25) is 0 Å². The molecular weight excluding hydrogens is 300 g/mol. The molecule has 0 unspecified atom stereocenters. The van der Waals surface area contributed by atoms with Gasteiger partial charge >= 0.3 is 5.97 Å². The lowest BCUT2D eigenvalue weighted by Gasteiger charge is -2.12. The molecular formula is C16H18F4O2. The monoisotopic (exact) mass is 318 g/mol. The molecule has 22 heavy (non-hydrogen) atoms. The number of benzene rings is 1. The second-order valence-corrected chi connectivity index (χ2v) is 6.26. The Morgan fingerprint density at radius 2 is 1.45 bits per heavy atom. The van der Waals surface area contributed by atoms with Crippen molar-refractivity contribution in [1.82, 2.24) is 0 Å². The summed E-state index contributed by atoms with van der Waals surface area (Å²) in [6.45, 7) is 6.17. The third-order valence-corrected chi connectivity index (χ3v) is 4.78. The summed E-state index contributed by atoms with van der Waals surface area (Å²) in [5, 5.41) is 0. The van der Waals surface area contributed by atoms with E-state index in [2.05, 4.69) is 0 Å². The number of rotatable bonds is 4. The van der Waals surface area contributed by atoms with Crippen molar-refractivity contribution in [3.8, 4) is 0 Å². The fourth-order valence-corrected chi connectivity index (χ4v) is 2.80. The summed E-state index contributed by atoms with van der Waals surface area (Å²) in [5.74, 6) is -6.79. The zero-order valence-corrected chi connectivity index (χ0v) is 12.9. The van der Waals surface area contributed by atoms with Gasteiger partial charge in [0.25, 0.3) is 0 Å². The van der Waals surface area contributed by atoms with Crippen LogP contribution in [0.4, 0.5) is 17.6 Å². The first kappa shape index (κ1) is 16.8. The Labute approximate surface area is 126 Å². The Kier molecular flexibility index (Phi) is 4.24. The molecule has 1 fully saturated rings. The maximum atomic E-state index is 13.8. The first-order chi connectivity index (χ1) is 10.1. The van der Waals surface area contributed by atoms with Gasteiger partial charge in [0.05, 0.1) is 11.5 Å². The number of hydrogen-bond donors (Lipinski definition) is 0. The second-order valence-electron chi connectivity index (χ2n) is 6.26. The van der Waals surface area contributed by atoms with Crippen molar-refractivity contribution in [1.29, 1.82) is 0 Å². The van der Waals surface area contributed by atoms with Gasteiger partial charge in [-0.25, -0.2) is 17.6 Å². The normalized spacial score (nSPS) is 22.5. The minimum absolute atomic E-state index is 0.0885. The summed E-state index contributed by atoms with van der Waals surface area (Å²) in [7, 11) is 0. The first-order valence-corrected chi connectivity index (χ1v) is 7.14. The summed E-state index contributed by atoms with van der Waals surface area (Å²) in [4.78, 5) is 11.9. The highest BCUT2D eigenvalue weighted by Gasteiger charge is 2.59. The van der Waals surface area contributed by atoms with E-state index in [1.54, 1.807) is 0 Å². The molecule has 1 aromatic rings. The van der Waals surface area contributed by atoms with Crippen LogP contribution in [-0.4, -0.2) is 5.97 Å². The number of ether oxygens (including phenoxy) is 1. The average molecular weight is 318 g/mol. The van der Waals surface area contributed by atoms with Crippen molar-refractivity contribution < 1.29 is 27.1 Å². The van der Waals surface area contributed by atoms with Crippen LogP contribution in [0.5, 0.6) is 0 Å². The molecule has 0 saturated heterocycles. The smallest absolute Gasteiger partial charge is 0.310 e. The van der Waals surface area contributed by atoms with Gasteiger partial charge in [0.2, 0.25) is 0 Å². The molecule has 2 nitrogen and oxygen atoms in total. The predicted octanol–water partition coefficient (Wildman–Crippen LogP) is 4.14. The molecule has 0 amide bonds. The van der Waals surface area contributed by atoms with Crippen molar-refractivity contribution >= 4 is 5.97 Å². The van der Waals surface area contributed by atoms with Crippen molar-refractivity contribution in [3.63, 3.8) is 0 Å². The minimum Gasteiger partial charge on any atom is -0.460 e. The summed E-state index contributed by atoms with van der Waals surface area (Å²) >= 11 is 0. The molecule has 1 aromatic carbocycles. The Bertz CT molecular complexity index is 596. The van der Waals surface area contributed by atoms with Crippen molar-refractivity contribution in [2.75, 3.05) is 0 Å². The standard InChI is InChI=1S/C16H18F4O2/c1-5-8-11(17)13(19)9(14(20)12(8)18)6-22-15(21)10-7(2)16(10,3)4/h7,10H,5-6H2,1-4H3/t7-,10-/m0/s1. The van der Waals surface area contributed by atoms with E-state index in [-0.39, 0.29) is 23.7 Å². The van der Waals surface area contributed by atoms with E-state index in [1.165, 1.54) is 6.92 Å². The third kappa shape index (κ3) is 2.48. The van der Waals surface area contributed by atoms with Crippen LogP contribution < -0.4 is 0 Å². The van der Waals surface area contributed by atoms with E-state index in [0.717, 1.165) is 0 Å². The van der Waals surface area contributed by atoms with Gasteiger partial charge in [-0.3, -0.25) is 4.79 Å². The molecule has 0 N–H and O–H groups in total. The van der Waals surface area contributed by atoms with E-state index in [4.69, 9.17) is 4.74 Å². The Balaban J connectivity index is 2.19. The molecule has 1 saturated carbocycles. The van der Waals surface area contributed by atoms with Crippen LogP contribution in [0.15, 0.2) is 0 Å². The lowest BCUT2D eigenvalue weighted by atomic mass is 10.1. The Morgan fingerprint density at radius 3 is 1.82 bits per heavy atom. The first-order valence-electron chi connectivity index (χ1n) is 7.14. The average Bonchev–Trinajstić information content (AvgIpc) is 2.95. The number of carbonyl (C=O) groups excluding carboxylic acids is 1. The van der Waals surface area contributed by atoms with Gasteiger partial charge in [-0.05, 0) is 17.8 Å². The highest BCUT2D eigenvalue weighted by Crippen LogP contribution is 2.58. The summed E-state index contributed by atoms with van der Waals surface area (Å²) in [6, 6.07) is 0. The largest absolute Gasteiger partial charge is 0.460 e. The van der Waals surface area contributed by atoms with Crippen LogP contribution >= 0.6 is 0 Å². The summed E-state index contributed by atoms with van der Waals surface area (Å²) in [6.07, 6.45) is -0.181. The van der Waals surface area contributed by atoms with Crippen molar-refractivity contribution in [3.05, 3.63) is 34.4 Å². The number of hydrogen-bond acceptors (Lipinski definition) is 2. The van der Waals surface area contributed by atoms with Crippen molar-refractivity contribution in [2.24, 2.45) is 17.3 Å². The van der Waals surface area contributed by atoms with Gasteiger partial charge in [0.1, 0.15) is 6.61 Å². The molecule has 0 radical (unpaired) electrons. The molecule has 0 heterocycles. The molecule has 1 aliphatic carbocycles. The van der Waals surface area contributed by atoms with E-state index in [0.29, 0.717) is 0 Å². The van der Waals surface area contributed by atoms with E-state index >= 15 is 0 Å². The molecule has 2 atom stereocenters. The lowest BCUT2D eigenvalue weighted by Crippen LogP contribution is -2.14. The highest BCUT2D eigenvalue weighted by atomic mass is 19.2. The summed E-state index contributed by atoms with van der Waals surface area (Å²) in [5.41, 5.74) is -1.79. The molecule has 2 rings (SSSR count). The van der Waals surface area contributed by atoms with E-state index < -0.39 is 47.0 Å². The van der Waals surface area contributed by atoms with Crippen molar-refractivity contribution in [2.45, 2.75) is 40.7 Å². The SMILES string of the molecule is CCc1c(F)c(F)c(COC(=O)[C@@H]2[C@H](C)C2(C)C)c(F)c1F. The fourth-order valence-electron chi connectivity index (χ4n) is 2.80. The van der Waals surface area contributed by atoms with E-state index in [9.17, 15) is 22.4 Å². The second kappa shape index (κ2) is 5.56. The molecule has 0 aromatic heterocycles. The van der Waals surface area contributed by atoms with Gasteiger partial charge in [0.15, 0.2) is 23.3 Å². The zero-order chi connectivity index (χ0) is 16.8. The van der Waals surface area contributed by atoms with Crippen LogP contribution in [-0.2, 0) is 22.6 Å². The number of esters is 1. The van der Waals surface area contributed by atoms with Gasteiger partial charge in [-0.2, -0.15) is 0 Å². The number of halogens is 4. The molecule has 6 heteroatoms. The molecule has 0 bridgehead atoms. The van der Waals surface area contributed by atoms with Gasteiger partial charge < -0.3 is 4.74 Å². The Morgan fingerprint density at radius 1 is 1.05 bits per heavy atom. The van der Waals surface area contributed by atoms with E-state index in [1.807, 2.05) is 20.8 Å². The molecule has 122 valence electrons. The molecule has 1 aliphatic rings. The zero-order valence-electron chi connectivity index (χ0n) is 12.9. The quantitative estimate of drug-likeness (QED) is 0.474. The van der Waals surface area contributed by atoms with Crippen LogP contribution in [0, 0.1) is 40.5 Å². The maximum Gasteiger partial charge on any atom is 0.310 e. The third-order valence-electron chi connectivity index (χ3n) is 4.78. The predicted molar refractivity (Wildman–Crippen MR) is 71.9 cm³/mol. The topological polar surface area (TPSA) is 26.3 Å². The molecule has 0 aliphatic heterocycles. The lowest BCUT2D eigenvalue weighted by molar-refractivity contribution is -0.147. The van der Waals surface area contributed by atoms with Gasteiger partial charge in [-0.1, -0.05) is 27.7 Å². The minimum atomic E-state index is -1.51. The summed E-state index contributed by atoms with van der Waals surface area (Å²) < 4.78 is 59.8. The van der Waals surface area contributed by atoms with Gasteiger partial charge in [-0.15, -0.1) is 0 Å². The fraction of sp³-hybridized carbons (Fsp3) is 0.562. The highest BCUT2D eigenvalue weighted by molar-refractivity contribution is 5.77. The van der Waals surface area contributed by atoms with Gasteiger partial charge in [0, 0.05) is 5.56 Å². The number of carbonyl (C=O) groups is 1. The van der Waals surface area contributed by atoms with Crippen LogP contribution in [0.3, 0.4) is 0 Å². The molecule has 0 spiro atoms. The maximum absolute atomic E-state index is 13.8. The van der Waals surface area contributed by atoms with Crippen LogP contribution in [0.1, 0.15) is 38.8 Å². The Hall–Kier alpha value is -1.59.